The Labute approximate surface area is 99.9 Å². The van der Waals surface area contributed by atoms with Crippen LogP contribution < -0.4 is 5.32 Å². The molecule has 0 aromatic heterocycles. The van der Waals surface area contributed by atoms with E-state index in [-0.39, 0.29) is 11.3 Å². The molecule has 2 unspecified atom stereocenters. The first-order chi connectivity index (χ1) is 7.45. The molecule has 4 heteroatoms. The van der Waals surface area contributed by atoms with E-state index < -0.39 is 9.84 Å². The predicted octanol–water partition coefficient (Wildman–Crippen LogP) is 1.98. The van der Waals surface area contributed by atoms with Gasteiger partial charge in [0.05, 0.1) is 5.25 Å². The minimum atomic E-state index is -2.92. The molecule has 16 heavy (non-hydrogen) atoms. The van der Waals surface area contributed by atoms with Gasteiger partial charge in [0, 0.05) is 12.3 Å². The van der Waals surface area contributed by atoms with Gasteiger partial charge >= 0.3 is 0 Å². The maximum Gasteiger partial charge on any atom is 0.151 e. The zero-order chi connectivity index (χ0) is 12.2. The molecular weight excluding hydrogens is 222 g/mol. The van der Waals surface area contributed by atoms with Gasteiger partial charge in [0.1, 0.15) is 0 Å². The molecule has 1 N–H and O–H groups in total. The molecule has 1 aliphatic rings. The molecule has 0 aliphatic heterocycles. The third-order valence-corrected chi connectivity index (χ3v) is 5.39. The Kier molecular flexibility index (Phi) is 5.25. The molecule has 0 aromatic carbocycles. The first-order valence-electron chi connectivity index (χ1n) is 6.37. The highest BCUT2D eigenvalue weighted by Crippen LogP contribution is 2.31. The summed E-state index contributed by atoms with van der Waals surface area (Å²) >= 11 is 0. The fourth-order valence-corrected chi connectivity index (χ4v) is 2.96. The molecule has 1 saturated carbocycles. The SMILES string of the molecule is CCCNC(CC1CCC1)C(C)S(C)(=O)=O. The van der Waals surface area contributed by atoms with Gasteiger partial charge in [0.25, 0.3) is 0 Å². The number of hydrogen-bond acceptors (Lipinski definition) is 3. The number of hydrogen-bond donors (Lipinski definition) is 1. The van der Waals surface area contributed by atoms with E-state index >= 15 is 0 Å². The zero-order valence-electron chi connectivity index (χ0n) is 10.7. The molecule has 2 atom stereocenters. The maximum atomic E-state index is 11.6. The topological polar surface area (TPSA) is 46.2 Å². The summed E-state index contributed by atoms with van der Waals surface area (Å²) in [5, 5.41) is 3.13. The zero-order valence-corrected chi connectivity index (χ0v) is 11.5. The Balaban J connectivity index is 2.54. The van der Waals surface area contributed by atoms with Crippen LogP contribution >= 0.6 is 0 Å². The van der Waals surface area contributed by atoms with Crippen molar-refractivity contribution in [2.24, 2.45) is 5.92 Å². The van der Waals surface area contributed by atoms with Crippen molar-refractivity contribution in [3.05, 3.63) is 0 Å². The Bertz CT molecular complexity index is 296. The second-order valence-electron chi connectivity index (χ2n) is 5.13. The molecule has 0 radical (unpaired) electrons. The summed E-state index contributed by atoms with van der Waals surface area (Å²) in [6, 6.07) is 0.139. The number of nitrogens with one attached hydrogen (secondary N) is 1. The van der Waals surface area contributed by atoms with Crippen molar-refractivity contribution in [1.82, 2.24) is 5.32 Å². The molecule has 3 nitrogen and oxygen atoms in total. The van der Waals surface area contributed by atoms with E-state index in [1.54, 1.807) is 0 Å². The first kappa shape index (κ1) is 14.0. The van der Waals surface area contributed by atoms with Crippen molar-refractivity contribution in [3.8, 4) is 0 Å². The number of rotatable bonds is 7. The lowest BCUT2D eigenvalue weighted by Crippen LogP contribution is -2.44. The fourth-order valence-electron chi connectivity index (χ4n) is 2.16. The smallest absolute Gasteiger partial charge is 0.151 e. The summed E-state index contributed by atoms with van der Waals surface area (Å²) in [6.45, 7) is 4.86. The van der Waals surface area contributed by atoms with Gasteiger partial charge < -0.3 is 5.32 Å². The van der Waals surface area contributed by atoms with Crippen LogP contribution in [0.15, 0.2) is 0 Å². The summed E-state index contributed by atoms with van der Waals surface area (Å²) < 4.78 is 23.2. The van der Waals surface area contributed by atoms with E-state index in [0.29, 0.717) is 0 Å². The lowest BCUT2D eigenvalue weighted by Gasteiger charge is -2.32. The predicted molar refractivity (Wildman–Crippen MR) is 68.3 cm³/mol. The molecule has 0 spiro atoms. The van der Waals surface area contributed by atoms with Gasteiger partial charge in [0.2, 0.25) is 0 Å². The van der Waals surface area contributed by atoms with E-state index in [4.69, 9.17) is 0 Å². The third-order valence-electron chi connectivity index (χ3n) is 3.71. The van der Waals surface area contributed by atoms with Gasteiger partial charge in [-0.1, -0.05) is 26.2 Å². The van der Waals surface area contributed by atoms with Crippen molar-refractivity contribution in [2.75, 3.05) is 12.8 Å². The lowest BCUT2D eigenvalue weighted by molar-refractivity contribution is 0.257. The summed E-state index contributed by atoms with van der Waals surface area (Å²) in [5.74, 6) is 0.749. The average molecular weight is 247 g/mol. The molecule has 1 rings (SSSR count). The largest absolute Gasteiger partial charge is 0.313 e. The lowest BCUT2D eigenvalue weighted by atomic mass is 9.80. The molecule has 0 aromatic rings. The normalized spacial score (nSPS) is 21.4. The van der Waals surface area contributed by atoms with Crippen molar-refractivity contribution >= 4 is 9.84 Å². The molecule has 0 saturated heterocycles. The summed E-state index contributed by atoms with van der Waals surface area (Å²) in [5.41, 5.74) is 0. The van der Waals surface area contributed by atoms with Crippen LogP contribution in [-0.2, 0) is 9.84 Å². The van der Waals surface area contributed by atoms with Crippen LogP contribution in [-0.4, -0.2) is 32.5 Å². The minimum Gasteiger partial charge on any atom is -0.313 e. The van der Waals surface area contributed by atoms with Crippen LogP contribution in [0.3, 0.4) is 0 Å². The van der Waals surface area contributed by atoms with Gasteiger partial charge in [-0.2, -0.15) is 0 Å². The van der Waals surface area contributed by atoms with Crippen molar-refractivity contribution < 1.29 is 8.42 Å². The fraction of sp³-hybridized carbons (Fsp3) is 1.00. The van der Waals surface area contributed by atoms with Crippen LogP contribution in [0.4, 0.5) is 0 Å². The first-order valence-corrected chi connectivity index (χ1v) is 8.32. The van der Waals surface area contributed by atoms with Crippen LogP contribution in [0.5, 0.6) is 0 Å². The van der Waals surface area contributed by atoms with Crippen LogP contribution in [0.1, 0.15) is 46.0 Å². The molecule has 0 heterocycles. The summed E-state index contributed by atoms with van der Waals surface area (Å²) in [6.07, 6.45) is 7.30. The third kappa shape index (κ3) is 4.06. The Morgan fingerprint density at radius 3 is 2.38 bits per heavy atom. The second-order valence-corrected chi connectivity index (χ2v) is 7.53. The standard InChI is InChI=1S/C12H25NO2S/c1-4-8-13-12(9-11-6-5-7-11)10(2)16(3,14)15/h10-13H,4-9H2,1-3H3. The van der Waals surface area contributed by atoms with Gasteiger partial charge in [-0.05, 0) is 32.2 Å². The molecule has 96 valence electrons. The highest BCUT2D eigenvalue weighted by molar-refractivity contribution is 7.91. The van der Waals surface area contributed by atoms with E-state index in [1.807, 2.05) is 6.92 Å². The van der Waals surface area contributed by atoms with Gasteiger partial charge in [-0.3, -0.25) is 0 Å². The Morgan fingerprint density at radius 2 is 2.00 bits per heavy atom. The Morgan fingerprint density at radius 1 is 1.38 bits per heavy atom. The van der Waals surface area contributed by atoms with E-state index in [2.05, 4.69) is 12.2 Å². The second kappa shape index (κ2) is 6.01. The van der Waals surface area contributed by atoms with Gasteiger partial charge in [-0.25, -0.2) is 8.42 Å². The van der Waals surface area contributed by atoms with E-state index in [0.717, 1.165) is 25.3 Å². The monoisotopic (exact) mass is 247 g/mol. The maximum absolute atomic E-state index is 11.6. The molecule has 0 bridgehead atoms. The number of sulfone groups is 1. The molecular formula is C12H25NO2S. The van der Waals surface area contributed by atoms with Crippen molar-refractivity contribution in [2.45, 2.75) is 57.2 Å². The summed E-state index contributed by atoms with van der Waals surface area (Å²) in [4.78, 5) is 0. The Hall–Kier alpha value is -0.0900. The van der Waals surface area contributed by atoms with Gasteiger partial charge in [-0.15, -0.1) is 0 Å². The van der Waals surface area contributed by atoms with E-state index in [1.165, 1.54) is 25.5 Å². The van der Waals surface area contributed by atoms with Crippen LogP contribution in [0.2, 0.25) is 0 Å². The quantitative estimate of drug-likeness (QED) is 0.748. The van der Waals surface area contributed by atoms with Crippen molar-refractivity contribution in [3.63, 3.8) is 0 Å². The minimum absolute atomic E-state index is 0.139. The molecule has 1 aliphatic carbocycles. The van der Waals surface area contributed by atoms with Gasteiger partial charge in [0.15, 0.2) is 9.84 Å². The summed E-state index contributed by atoms with van der Waals surface area (Å²) in [7, 11) is -2.92. The highest BCUT2D eigenvalue weighted by Gasteiger charge is 2.29. The molecule has 1 fully saturated rings. The average Bonchev–Trinajstić information content (AvgIpc) is 2.13. The van der Waals surface area contributed by atoms with Crippen LogP contribution in [0, 0.1) is 5.92 Å². The van der Waals surface area contributed by atoms with Crippen LogP contribution in [0.25, 0.3) is 0 Å². The van der Waals surface area contributed by atoms with E-state index in [9.17, 15) is 8.42 Å². The molecule has 0 amide bonds. The van der Waals surface area contributed by atoms with Crippen molar-refractivity contribution in [1.29, 1.82) is 0 Å². The highest BCUT2D eigenvalue weighted by atomic mass is 32.2.